The molecule has 22 heavy (non-hydrogen) atoms. The van der Waals surface area contributed by atoms with Crippen LogP contribution in [0.2, 0.25) is 0 Å². The number of hydrogen-bond donors (Lipinski definition) is 2. The molecule has 0 radical (unpaired) electrons. The van der Waals surface area contributed by atoms with Gasteiger partial charge < -0.3 is 5.11 Å². The summed E-state index contributed by atoms with van der Waals surface area (Å²) in [5, 5.41) is 8.88. The van der Waals surface area contributed by atoms with E-state index in [1.807, 2.05) is 6.92 Å². The highest BCUT2D eigenvalue weighted by molar-refractivity contribution is 7.92. The molecule has 0 saturated heterocycles. The molecule has 0 heterocycles. The summed E-state index contributed by atoms with van der Waals surface area (Å²) in [6, 6.07) is 9.25. The Labute approximate surface area is 127 Å². The maximum absolute atomic E-state index is 13.7. The highest BCUT2D eigenvalue weighted by Crippen LogP contribution is 2.21. The number of rotatable bonds is 5. The van der Waals surface area contributed by atoms with Crippen molar-refractivity contribution in [3.8, 4) is 0 Å². The lowest BCUT2D eigenvalue weighted by molar-refractivity contribution is 0.0696. The van der Waals surface area contributed by atoms with Gasteiger partial charge in [0.2, 0.25) is 0 Å². The Morgan fingerprint density at radius 3 is 2.36 bits per heavy atom. The lowest BCUT2D eigenvalue weighted by Crippen LogP contribution is -2.15. The van der Waals surface area contributed by atoms with Gasteiger partial charge in [-0.3, -0.25) is 4.72 Å². The monoisotopic (exact) mass is 323 g/mol. The van der Waals surface area contributed by atoms with Crippen LogP contribution in [0, 0.1) is 5.82 Å². The number of benzene rings is 2. The predicted molar refractivity (Wildman–Crippen MR) is 80.0 cm³/mol. The molecule has 2 aromatic rings. The fraction of sp³-hybridized carbons (Fsp3) is 0.133. The van der Waals surface area contributed by atoms with Gasteiger partial charge in [-0.1, -0.05) is 19.1 Å². The van der Waals surface area contributed by atoms with Crippen molar-refractivity contribution < 1.29 is 22.7 Å². The van der Waals surface area contributed by atoms with E-state index in [9.17, 15) is 17.6 Å². The van der Waals surface area contributed by atoms with Gasteiger partial charge in [-0.25, -0.2) is 17.6 Å². The predicted octanol–water partition coefficient (Wildman–Crippen LogP) is 2.89. The first-order valence-corrected chi connectivity index (χ1v) is 7.96. The van der Waals surface area contributed by atoms with Gasteiger partial charge in [0, 0.05) is 5.69 Å². The largest absolute Gasteiger partial charge is 0.478 e. The minimum absolute atomic E-state index is 0.275. The van der Waals surface area contributed by atoms with Crippen molar-refractivity contribution >= 4 is 21.7 Å². The second-order valence-electron chi connectivity index (χ2n) is 4.61. The van der Waals surface area contributed by atoms with Gasteiger partial charge in [-0.05, 0) is 42.3 Å². The van der Waals surface area contributed by atoms with E-state index in [0.29, 0.717) is 0 Å². The average Bonchev–Trinajstić information content (AvgIpc) is 2.47. The van der Waals surface area contributed by atoms with Crippen LogP contribution in [0.5, 0.6) is 0 Å². The Morgan fingerprint density at radius 2 is 1.82 bits per heavy atom. The van der Waals surface area contributed by atoms with Crippen LogP contribution in [-0.2, 0) is 16.4 Å². The summed E-state index contributed by atoms with van der Waals surface area (Å²) < 4.78 is 40.4. The molecule has 2 aromatic carbocycles. The van der Waals surface area contributed by atoms with E-state index >= 15 is 0 Å². The van der Waals surface area contributed by atoms with Gasteiger partial charge in [0.1, 0.15) is 10.7 Å². The SMILES string of the molecule is CCc1ccc(NS(=O)(=O)c2cc(C(=O)O)ccc2F)cc1. The number of carboxylic acid groups (broad SMARTS) is 1. The van der Waals surface area contributed by atoms with E-state index in [4.69, 9.17) is 5.11 Å². The van der Waals surface area contributed by atoms with Crippen molar-refractivity contribution in [2.45, 2.75) is 18.2 Å². The molecule has 0 aromatic heterocycles. The smallest absolute Gasteiger partial charge is 0.335 e. The molecule has 116 valence electrons. The lowest BCUT2D eigenvalue weighted by Gasteiger charge is -2.10. The summed E-state index contributed by atoms with van der Waals surface area (Å²) in [5.74, 6) is -2.34. The summed E-state index contributed by atoms with van der Waals surface area (Å²) in [6.45, 7) is 1.96. The fourth-order valence-electron chi connectivity index (χ4n) is 1.86. The summed E-state index contributed by atoms with van der Waals surface area (Å²) in [6.07, 6.45) is 0.808. The molecule has 2 rings (SSSR count). The Morgan fingerprint density at radius 1 is 1.18 bits per heavy atom. The zero-order valence-electron chi connectivity index (χ0n) is 11.7. The zero-order valence-corrected chi connectivity index (χ0v) is 12.5. The quantitative estimate of drug-likeness (QED) is 0.886. The first kappa shape index (κ1) is 16.0. The fourth-order valence-corrected chi connectivity index (χ4v) is 3.02. The van der Waals surface area contributed by atoms with Crippen molar-refractivity contribution in [2.75, 3.05) is 4.72 Å². The van der Waals surface area contributed by atoms with Gasteiger partial charge in [-0.2, -0.15) is 0 Å². The number of nitrogens with one attached hydrogen (secondary N) is 1. The second kappa shape index (κ2) is 6.15. The van der Waals surface area contributed by atoms with E-state index < -0.39 is 26.7 Å². The Hall–Kier alpha value is -2.41. The van der Waals surface area contributed by atoms with Crippen molar-refractivity contribution in [3.05, 3.63) is 59.4 Å². The number of anilines is 1. The molecule has 0 amide bonds. The van der Waals surface area contributed by atoms with E-state index in [0.717, 1.165) is 30.2 Å². The maximum Gasteiger partial charge on any atom is 0.335 e. The molecule has 0 saturated carbocycles. The number of sulfonamides is 1. The maximum atomic E-state index is 13.7. The van der Waals surface area contributed by atoms with Crippen LogP contribution in [0.3, 0.4) is 0 Å². The Kier molecular flexibility index (Phi) is 4.46. The van der Waals surface area contributed by atoms with E-state index in [-0.39, 0.29) is 11.3 Å². The highest BCUT2D eigenvalue weighted by atomic mass is 32.2. The molecule has 0 aliphatic heterocycles. The highest BCUT2D eigenvalue weighted by Gasteiger charge is 2.21. The molecule has 0 fully saturated rings. The molecule has 7 heteroatoms. The third-order valence-electron chi connectivity index (χ3n) is 3.08. The third kappa shape index (κ3) is 3.43. The van der Waals surface area contributed by atoms with Crippen molar-refractivity contribution in [1.82, 2.24) is 0 Å². The summed E-state index contributed by atoms with van der Waals surface area (Å²) in [4.78, 5) is 10.2. The molecule has 5 nitrogen and oxygen atoms in total. The number of aromatic carboxylic acids is 1. The molecule has 2 N–H and O–H groups in total. The molecule has 0 aliphatic carbocycles. The number of aryl methyl sites for hydroxylation is 1. The van der Waals surface area contributed by atoms with Crippen LogP contribution in [0.15, 0.2) is 47.4 Å². The summed E-state index contributed by atoms with van der Waals surface area (Å²) in [5.41, 5.74) is 1.00. The molecule has 0 aliphatic rings. The van der Waals surface area contributed by atoms with Crippen LogP contribution >= 0.6 is 0 Å². The number of carbonyl (C=O) groups is 1. The van der Waals surface area contributed by atoms with Crippen LogP contribution in [0.4, 0.5) is 10.1 Å². The van der Waals surface area contributed by atoms with Gasteiger partial charge in [-0.15, -0.1) is 0 Å². The lowest BCUT2D eigenvalue weighted by atomic mass is 10.2. The van der Waals surface area contributed by atoms with E-state index in [2.05, 4.69) is 4.72 Å². The average molecular weight is 323 g/mol. The minimum atomic E-state index is -4.21. The van der Waals surface area contributed by atoms with Crippen LogP contribution < -0.4 is 4.72 Å². The topological polar surface area (TPSA) is 83.5 Å². The Bertz CT molecular complexity index is 801. The van der Waals surface area contributed by atoms with E-state index in [1.165, 1.54) is 0 Å². The van der Waals surface area contributed by atoms with Gasteiger partial charge >= 0.3 is 5.97 Å². The molecular formula is C15H14FNO4S. The number of hydrogen-bond acceptors (Lipinski definition) is 3. The molecule has 0 unspecified atom stereocenters. The first-order valence-electron chi connectivity index (χ1n) is 6.48. The number of carboxylic acids is 1. The minimum Gasteiger partial charge on any atom is -0.478 e. The Balaban J connectivity index is 2.37. The van der Waals surface area contributed by atoms with Crippen molar-refractivity contribution in [3.63, 3.8) is 0 Å². The van der Waals surface area contributed by atoms with Crippen LogP contribution in [0.25, 0.3) is 0 Å². The van der Waals surface area contributed by atoms with Gasteiger partial charge in [0.05, 0.1) is 5.56 Å². The summed E-state index contributed by atoms with van der Waals surface area (Å²) >= 11 is 0. The zero-order chi connectivity index (χ0) is 16.3. The van der Waals surface area contributed by atoms with E-state index in [1.54, 1.807) is 24.3 Å². The molecule has 0 bridgehead atoms. The second-order valence-corrected chi connectivity index (χ2v) is 6.26. The standard InChI is InChI=1S/C15H14FNO4S/c1-2-10-3-6-12(7-4-10)17-22(20,21)14-9-11(15(18)19)5-8-13(14)16/h3-9,17H,2H2,1H3,(H,18,19). The van der Waals surface area contributed by atoms with Gasteiger partial charge in [0.25, 0.3) is 10.0 Å². The van der Waals surface area contributed by atoms with Gasteiger partial charge in [0.15, 0.2) is 0 Å². The molecule has 0 spiro atoms. The first-order chi connectivity index (χ1) is 10.3. The van der Waals surface area contributed by atoms with Crippen LogP contribution in [0.1, 0.15) is 22.8 Å². The van der Waals surface area contributed by atoms with Crippen molar-refractivity contribution in [2.24, 2.45) is 0 Å². The number of halogens is 1. The van der Waals surface area contributed by atoms with Crippen molar-refractivity contribution in [1.29, 1.82) is 0 Å². The third-order valence-corrected chi connectivity index (χ3v) is 4.48. The normalized spacial score (nSPS) is 11.2. The molecular weight excluding hydrogens is 309 g/mol. The van der Waals surface area contributed by atoms with Crippen LogP contribution in [-0.4, -0.2) is 19.5 Å². The summed E-state index contributed by atoms with van der Waals surface area (Å²) in [7, 11) is -4.21. The molecule has 0 atom stereocenters.